The fourth-order valence-electron chi connectivity index (χ4n) is 2.87. The minimum absolute atomic E-state index is 0.0550. The van der Waals surface area contributed by atoms with E-state index in [1.54, 1.807) is 0 Å². The van der Waals surface area contributed by atoms with Gasteiger partial charge in [0.25, 0.3) is 0 Å². The summed E-state index contributed by atoms with van der Waals surface area (Å²) in [5, 5.41) is 2.98. The maximum atomic E-state index is 12.9. The molecule has 0 heterocycles. The van der Waals surface area contributed by atoms with Gasteiger partial charge in [0.05, 0.1) is 37.7 Å². The molecule has 11 heteroatoms. The Hall–Kier alpha value is -2.72. The van der Waals surface area contributed by atoms with Gasteiger partial charge in [0, 0.05) is 25.1 Å². The van der Waals surface area contributed by atoms with Crippen molar-refractivity contribution in [1.82, 2.24) is 5.32 Å². The van der Waals surface area contributed by atoms with Crippen molar-refractivity contribution in [1.29, 1.82) is 0 Å². The molecule has 176 valence electrons. The number of rotatable bonds is 12. The number of amides is 1. The number of hydrogen-bond donors (Lipinski definition) is 1. The average Bonchev–Trinajstić information content (AvgIpc) is 2.74. The molecule has 8 nitrogen and oxygen atoms in total. The van der Waals surface area contributed by atoms with Crippen LogP contribution in [0.15, 0.2) is 36.4 Å². The smallest absolute Gasteiger partial charge is 0.232 e. The van der Waals surface area contributed by atoms with E-state index in [2.05, 4.69) is 5.32 Å². The average molecular weight is 489 g/mol. The fourth-order valence-corrected chi connectivity index (χ4v) is 4.06. The van der Waals surface area contributed by atoms with E-state index in [1.165, 1.54) is 50.6 Å². The van der Waals surface area contributed by atoms with Crippen LogP contribution in [0.2, 0.25) is 5.02 Å². The summed E-state index contributed by atoms with van der Waals surface area (Å²) in [5.41, 5.74) is 0.268. The molecule has 0 saturated heterocycles. The van der Waals surface area contributed by atoms with Crippen molar-refractivity contribution in [2.24, 2.45) is 0 Å². The lowest BCUT2D eigenvalue weighted by Gasteiger charge is -2.25. The zero-order valence-corrected chi connectivity index (χ0v) is 19.6. The summed E-state index contributed by atoms with van der Waals surface area (Å²) in [6.07, 6.45) is 1.45. The van der Waals surface area contributed by atoms with Crippen molar-refractivity contribution in [3.05, 3.63) is 47.2 Å². The van der Waals surface area contributed by atoms with Gasteiger partial charge in [-0.05, 0) is 30.7 Å². The number of nitrogens with zero attached hydrogens (tertiary/aromatic N) is 1. The monoisotopic (exact) mass is 488 g/mol. The van der Waals surface area contributed by atoms with Gasteiger partial charge in [-0.3, -0.25) is 9.10 Å². The Kier molecular flexibility index (Phi) is 9.40. The van der Waals surface area contributed by atoms with E-state index in [9.17, 15) is 17.6 Å². The first-order chi connectivity index (χ1) is 15.2. The third-order valence-electron chi connectivity index (χ3n) is 4.39. The summed E-state index contributed by atoms with van der Waals surface area (Å²) in [6.45, 7) is 0.530. The Balaban J connectivity index is 1.90. The molecule has 1 amide bonds. The van der Waals surface area contributed by atoms with Gasteiger partial charge in [0.2, 0.25) is 15.9 Å². The van der Waals surface area contributed by atoms with Crippen LogP contribution in [0.3, 0.4) is 0 Å². The van der Waals surface area contributed by atoms with Crippen LogP contribution in [0.4, 0.5) is 10.1 Å². The maximum Gasteiger partial charge on any atom is 0.232 e. The molecular weight excluding hydrogens is 463 g/mol. The van der Waals surface area contributed by atoms with Crippen molar-refractivity contribution in [3.63, 3.8) is 0 Å². The molecule has 0 radical (unpaired) electrons. The number of ether oxygens (including phenoxy) is 3. The first kappa shape index (κ1) is 25.5. The zero-order valence-electron chi connectivity index (χ0n) is 18.1. The van der Waals surface area contributed by atoms with Gasteiger partial charge in [0.1, 0.15) is 29.7 Å². The number of carbonyl (C=O) groups excluding carboxylic acids is 1. The molecule has 0 unspecified atom stereocenters. The van der Waals surface area contributed by atoms with E-state index in [0.717, 1.165) is 10.6 Å². The van der Waals surface area contributed by atoms with Crippen molar-refractivity contribution in [2.45, 2.75) is 12.8 Å². The van der Waals surface area contributed by atoms with Crippen molar-refractivity contribution >= 4 is 33.2 Å². The number of benzene rings is 2. The minimum Gasteiger partial charge on any atom is -0.495 e. The molecule has 2 aromatic rings. The summed E-state index contributed by atoms with van der Waals surface area (Å²) in [6, 6.07) is 8.52. The van der Waals surface area contributed by atoms with E-state index in [-0.39, 0.29) is 60.7 Å². The molecule has 2 aromatic carbocycles. The quantitative estimate of drug-likeness (QED) is 0.461. The van der Waals surface area contributed by atoms with Gasteiger partial charge >= 0.3 is 0 Å². The highest BCUT2D eigenvalue weighted by Gasteiger charge is 2.23. The van der Waals surface area contributed by atoms with E-state index < -0.39 is 10.0 Å². The lowest BCUT2D eigenvalue weighted by atomic mass is 10.2. The Morgan fingerprint density at radius 1 is 1.12 bits per heavy atom. The predicted molar refractivity (Wildman–Crippen MR) is 121 cm³/mol. The summed E-state index contributed by atoms with van der Waals surface area (Å²) in [4.78, 5) is 12.1. The highest BCUT2D eigenvalue weighted by molar-refractivity contribution is 7.92. The number of nitrogens with one attached hydrogen (secondary N) is 1. The molecule has 0 atom stereocenters. The topological polar surface area (TPSA) is 94.2 Å². The molecule has 2 rings (SSSR count). The molecule has 0 spiro atoms. The third-order valence-corrected chi connectivity index (χ3v) is 5.87. The molecule has 0 aliphatic rings. The Morgan fingerprint density at radius 3 is 2.38 bits per heavy atom. The van der Waals surface area contributed by atoms with Gasteiger partial charge in [-0.1, -0.05) is 11.6 Å². The summed E-state index contributed by atoms with van der Waals surface area (Å²) < 4.78 is 54.6. The summed E-state index contributed by atoms with van der Waals surface area (Å²) in [7, 11) is -0.835. The number of halogens is 2. The minimum atomic E-state index is -3.66. The van der Waals surface area contributed by atoms with Crippen molar-refractivity contribution in [2.75, 3.05) is 44.5 Å². The standard InChI is InChI=1S/C21H26ClFN2O6S/c1-29-19-14-18(20(30-2)13-17(19)22)25(32(3,27)28)11-4-5-21(26)24-10-12-31-16-8-6-15(23)7-9-16/h6-9,13-14H,4-5,10-12H2,1-3H3,(H,24,26). The van der Waals surface area contributed by atoms with E-state index in [0.29, 0.717) is 11.5 Å². The van der Waals surface area contributed by atoms with Gasteiger partial charge < -0.3 is 19.5 Å². The second-order valence-corrected chi connectivity index (χ2v) is 9.06. The second kappa shape index (κ2) is 11.8. The van der Waals surface area contributed by atoms with Gasteiger partial charge in [-0.2, -0.15) is 0 Å². The van der Waals surface area contributed by atoms with Crippen LogP contribution in [0.25, 0.3) is 0 Å². The number of methoxy groups -OCH3 is 2. The van der Waals surface area contributed by atoms with Crippen LogP contribution in [0, 0.1) is 5.82 Å². The van der Waals surface area contributed by atoms with Crippen LogP contribution < -0.4 is 23.8 Å². The Bertz CT molecular complexity index is 1020. The first-order valence-electron chi connectivity index (χ1n) is 9.70. The highest BCUT2D eigenvalue weighted by atomic mass is 35.5. The predicted octanol–water partition coefficient (Wildman–Crippen LogP) is 3.24. The zero-order chi connectivity index (χ0) is 23.7. The van der Waals surface area contributed by atoms with Crippen LogP contribution in [-0.2, 0) is 14.8 Å². The maximum absolute atomic E-state index is 12.9. The molecule has 0 aliphatic carbocycles. The van der Waals surface area contributed by atoms with E-state index in [1.807, 2.05) is 0 Å². The third kappa shape index (κ3) is 7.45. The second-order valence-electron chi connectivity index (χ2n) is 6.75. The number of carbonyl (C=O) groups is 1. The largest absolute Gasteiger partial charge is 0.495 e. The SMILES string of the molecule is COc1cc(N(CCCC(=O)NCCOc2ccc(F)cc2)S(C)(=O)=O)c(OC)cc1Cl. The van der Waals surface area contributed by atoms with Crippen LogP contribution in [-0.4, -0.2) is 54.5 Å². The molecule has 0 saturated carbocycles. The van der Waals surface area contributed by atoms with Crippen LogP contribution >= 0.6 is 11.6 Å². The molecule has 0 fully saturated rings. The van der Waals surface area contributed by atoms with Gasteiger partial charge in [0.15, 0.2) is 0 Å². The Morgan fingerprint density at radius 2 is 1.78 bits per heavy atom. The number of sulfonamides is 1. The molecule has 1 N–H and O–H groups in total. The lowest BCUT2D eigenvalue weighted by Crippen LogP contribution is -2.33. The lowest BCUT2D eigenvalue weighted by molar-refractivity contribution is -0.121. The van der Waals surface area contributed by atoms with Crippen molar-refractivity contribution in [3.8, 4) is 17.2 Å². The molecule has 0 bridgehead atoms. The number of hydrogen-bond acceptors (Lipinski definition) is 6. The summed E-state index contributed by atoms with van der Waals surface area (Å²) >= 11 is 6.10. The molecule has 0 aromatic heterocycles. The fraction of sp³-hybridized carbons (Fsp3) is 0.381. The van der Waals surface area contributed by atoms with E-state index in [4.69, 9.17) is 25.8 Å². The highest BCUT2D eigenvalue weighted by Crippen LogP contribution is 2.39. The van der Waals surface area contributed by atoms with Gasteiger partial charge in [-0.15, -0.1) is 0 Å². The van der Waals surface area contributed by atoms with Gasteiger partial charge in [-0.25, -0.2) is 12.8 Å². The molecule has 0 aliphatic heterocycles. The van der Waals surface area contributed by atoms with E-state index >= 15 is 0 Å². The van der Waals surface area contributed by atoms with Crippen LogP contribution in [0.1, 0.15) is 12.8 Å². The summed E-state index contributed by atoms with van der Waals surface area (Å²) in [5.74, 6) is 0.459. The number of anilines is 1. The molecule has 32 heavy (non-hydrogen) atoms. The normalized spacial score (nSPS) is 11.0. The van der Waals surface area contributed by atoms with Crippen LogP contribution in [0.5, 0.6) is 17.2 Å². The Labute approximate surface area is 192 Å². The van der Waals surface area contributed by atoms with Crippen molar-refractivity contribution < 1.29 is 31.8 Å². The first-order valence-corrected chi connectivity index (χ1v) is 11.9. The molecular formula is C21H26ClFN2O6S.